The standard InChI is InChI=1S/C33H36F4N4O6S/c1-21-17-26(8-10-30(21)48(2,44)45)46-24-11-15-41(16-12-24)32(43)29-9-5-23(18-38-29)31(42)39-28-13-14-40(20-27(28)34)19-22-3-6-25(7-4-22)47-33(35,36)37/h3-10,17-18,24,27-28H,11-16,19-20H2,1-2H3,(H,39,42). The summed E-state index contributed by atoms with van der Waals surface area (Å²) >= 11 is 0. The van der Waals surface area contributed by atoms with Gasteiger partial charge in [0.25, 0.3) is 11.8 Å². The van der Waals surface area contributed by atoms with Crippen LogP contribution in [0.5, 0.6) is 11.5 Å². The number of halogens is 4. The lowest BCUT2D eigenvalue weighted by Crippen LogP contribution is -2.52. The van der Waals surface area contributed by atoms with Crippen molar-refractivity contribution in [1.82, 2.24) is 20.1 Å². The van der Waals surface area contributed by atoms with Crippen LogP contribution in [0.15, 0.2) is 65.7 Å². The Morgan fingerprint density at radius 3 is 2.25 bits per heavy atom. The molecule has 0 radical (unpaired) electrons. The van der Waals surface area contributed by atoms with Crippen LogP contribution >= 0.6 is 0 Å². The number of hydrogen-bond acceptors (Lipinski definition) is 8. The summed E-state index contributed by atoms with van der Waals surface area (Å²) in [5.41, 5.74) is 1.66. The number of hydrogen-bond donors (Lipinski definition) is 1. The Labute approximate surface area is 275 Å². The number of nitrogens with zero attached hydrogens (tertiary/aromatic N) is 3. The third-order valence-corrected chi connectivity index (χ3v) is 9.58. The lowest BCUT2D eigenvalue weighted by molar-refractivity contribution is -0.274. The average Bonchev–Trinajstić information content (AvgIpc) is 3.02. The van der Waals surface area contributed by atoms with Crippen LogP contribution in [0.2, 0.25) is 0 Å². The number of rotatable bonds is 9. The van der Waals surface area contributed by atoms with E-state index in [1.807, 2.05) is 4.90 Å². The summed E-state index contributed by atoms with van der Waals surface area (Å²) in [6, 6.07) is 12.5. The molecule has 3 aromatic rings. The SMILES string of the molecule is Cc1cc(OC2CCN(C(=O)c3ccc(C(=O)NC4CCN(Cc5ccc(OC(F)(F)F)cc5)CC4F)cn3)CC2)ccc1S(C)(=O)=O. The van der Waals surface area contributed by atoms with Crippen molar-refractivity contribution in [3.8, 4) is 11.5 Å². The summed E-state index contributed by atoms with van der Waals surface area (Å²) in [7, 11) is -3.33. The molecule has 0 bridgehead atoms. The van der Waals surface area contributed by atoms with Gasteiger partial charge in [-0.1, -0.05) is 12.1 Å². The molecule has 1 N–H and O–H groups in total. The Hall–Kier alpha value is -4.24. The number of ether oxygens (including phenoxy) is 2. The molecule has 3 heterocycles. The Bertz CT molecular complexity index is 1710. The van der Waals surface area contributed by atoms with Crippen LogP contribution in [0.1, 0.15) is 51.2 Å². The van der Waals surface area contributed by atoms with E-state index in [1.54, 1.807) is 24.0 Å². The molecule has 0 saturated carbocycles. The van der Waals surface area contributed by atoms with Crippen molar-refractivity contribution in [3.05, 3.63) is 83.2 Å². The number of amides is 2. The van der Waals surface area contributed by atoms with Crippen molar-refractivity contribution >= 4 is 21.7 Å². The van der Waals surface area contributed by atoms with Crippen LogP contribution in [0.4, 0.5) is 17.6 Å². The maximum atomic E-state index is 15.0. The van der Waals surface area contributed by atoms with Gasteiger partial charge in [0.15, 0.2) is 9.84 Å². The molecular weight excluding hydrogens is 656 g/mol. The van der Waals surface area contributed by atoms with Gasteiger partial charge in [-0.3, -0.25) is 19.5 Å². The van der Waals surface area contributed by atoms with E-state index in [2.05, 4.69) is 15.0 Å². The molecule has 1 aromatic heterocycles. The van der Waals surface area contributed by atoms with Gasteiger partial charge in [0.1, 0.15) is 29.5 Å². The van der Waals surface area contributed by atoms with Crippen LogP contribution in [-0.2, 0) is 16.4 Å². The van der Waals surface area contributed by atoms with E-state index in [0.29, 0.717) is 62.3 Å². The molecule has 2 atom stereocenters. The summed E-state index contributed by atoms with van der Waals surface area (Å²) in [5.74, 6) is -0.562. The average molecular weight is 693 g/mol. The zero-order valence-electron chi connectivity index (χ0n) is 26.4. The number of pyridine rings is 1. The predicted octanol–water partition coefficient (Wildman–Crippen LogP) is 4.72. The van der Waals surface area contributed by atoms with Gasteiger partial charge in [0.05, 0.1) is 16.5 Å². The van der Waals surface area contributed by atoms with E-state index in [-0.39, 0.29) is 40.5 Å². The third kappa shape index (κ3) is 9.22. The number of benzene rings is 2. The molecule has 2 fully saturated rings. The molecule has 15 heteroatoms. The highest BCUT2D eigenvalue weighted by Gasteiger charge is 2.32. The number of aryl methyl sites for hydroxylation is 1. The Kier molecular flexibility index (Phi) is 10.6. The minimum atomic E-state index is -4.78. The summed E-state index contributed by atoms with van der Waals surface area (Å²) in [4.78, 5) is 33.9. The van der Waals surface area contributed by atoms with Gasteiger partial charge in [0, 0.05) is 58.0 Å². The lowest BCUT2D eigenvalue weighted by Gasteiger charge is -2.35. The van der Waals surface area contributed by atoms with Crippen LogP contribution < -0.4 is 14.8 Å². The normalized spacial score (nSPS) is 19.5. The van der Waals surface area contributed by atoms with Crippen molar-refractivity contribution in [3.63, 3.8) is 0 Å². The number of nitrogens with one attached hydrogen (secondary N) is 1. The zero-order valence-corrected chi connectivity index (χ0v) is 27.2. The molecule has 2 aromatic carbocycles. The van der Waals surface area contributed by atoms with Crippen LogP contribution in [-0.4, -0.2) is 92.1 Å². The summed E-state index contributed by atoms with van der Waals surface area (Å²) in [6.45, 7) is 3.41. The number of aromatic nitrogens is 1. The van der Waals surface area contributed by atoms with Crippen molar-refractivity contribution in [2.75, 3.05) is 32.4 Å². The zero-order chi connectivity index (χ0) is 34.6. The fraction of sp³-hybridized carbons (Fsp3) is 0.424. The summed E-state index contributed by atoms with van der Waals surface area (Å²) in [5, 5.41) is 2.71. The molecule has 5 rings (SSSR count). The molecule has 0 aliphatic carbocycles. The van der Waals surface area contributed by atoms with Crippen LogP contribution in [0.3, 0.4) is 0 Å². The maximum Gasteiger partial charge on any atom is 0.573 e. The number of carbonyl (C=O) groups is 2. The highest BCUT2D eigenvalue weighted by atomic mass is 32.2. The highest BCUT2D eigenvalue weighted by molar-refractivity contribution is 7.90. The quantitative estimate of drug-likeness (QED) is 0.321. The molecular formula is C33H36F4N4O6S. The number of sulfone groups is 1. The second-order valence-electron chi connectivity index (χ2n) is 12.1. The molecule has 258 valence electrons. The minimum absolute atomic E-state index is 0.0360. The smallest absolute Gasteiger partial charge is 0.490 e. The molecule has 2 unspecified atom stereocenters. The molecule has 0 spiro atoms. The second-order valence-corrected chi connectivity index (χ2v) is 14.0. The van der Waals surface area contributed by atoms with Gasteiger partial charge in [-0.05, 0) is 66.9 Å². The van der Waals surface area contributed by atoms with Crippen molar-refractivity contribution < 1.29 is 45.0 Å². The fourth-order valence-electron chi connectivity index (χ4n) is 5.88. The summed E-state index contributed by atoms with van der Waals surface area (Å²) in [6.07, 6.45) is -2.36. The van der Waals surface area contributed by atoms with Gasteiger partial charge in [-0.25, -0.2) is 12.8 Å². The number of alkyl halides is 4. The van der Waals surface area contributed by atoms with E-state index >= 15 is 4.39 Å². The summed E-state index contributed by atoms with van der Waals surface area (Å²) < 4.78 is 85.8. The van der Waals surface area contributed by atoms with E-state index in [9.17, 15) is 31.2 Å². The second kappa shape index (κ2) is 14.5. The fourth-order valence-corrected chi connectivity index (χ4v) is 6.84. The number of piperidine rings is 2. The first kappa shape index (κ1) is 35.1. The van der Waals surface area contributed by atoms with Gasteiger partial charge in [0.2, 0.25) is 0 Å². The van der Waals surface area contributed by atoms with Crippen molar-refractivity contribution in [1.29, 1.82) is 0 Å². The number of carbonyl (C=O) groups excluding carboxylic acids is 2. The topological polar surface area (TPSA) is 118 Å². The molecule has 10 nitrogen and oxygen atoms in total. The van der Waals surface area contributed by atoms with Gasteiger partial charge in [-0.2, -0.15) is 0 Å². The highest BCUT2D eigenvalue weighted by Crippen LogP contribution is 2.26. The predicted molar refractivity (Wildman–Crippen MR) is 167 cm³/mol. The molecule has 2 amide bonds. The number of likely N-dealkylation sites (tertiary alicyclic amines) is 2. The molecule has 2 aliphatic rings. The first-order chi connectivity index (χ1) is 22.6. The van der Waals surface area contributed by atoms with Crippen LogP contribution in [0.25, 0.3) is 0 Å². The Balaban J connectivity index is 1.06. The van der Waals surface area contributed by atoms with E-state index < -0.39 is 34.3 Å². The first-order valence-electron chi connectivity index (χ1n) is 15.4. The third-order valence-electron chi connectivity index (χ3n) is 8.33. The first-order valence-corrected chi connectivity index (χ1v) is 17.3. The Morgan fingerprint density at radius 2 is 1.67 bits per heavy atom. The lowest BCUT2D eigenvalue weighted by atomic mass is 10.0. The van der Waals surface area contributed by atoms with E-state index in [1.165, 1.54) is 48.7 Å². The largest absolute Gasteiger partial charge is 0.573 e. The maximum absolute atomic E-state index is 15.0. The van der Waals surface area contributed by atoms with Crippen molar-refractivity contribution in [2.24, 2.45) is 0 Å². The molecule has 2 saturated heterocycles. The van der Waals surface area contributed by atoms with E-state index in [0.717, 1.165) is 6.26 Å². The van der Waals surface area contributed by atoms with Gasteiger partial charge in [-0.15, -0.1) is 13.2 Å². The molecule has 2 aliphatic heterocycles. The van der Waals surface area contributed by atoms with E-state index in [4.69, 9.17) is 4.74 Å². The van der Waals surface area contributed by atoms with Gasteiger partial charge >= 0.3 is 6.36 Å². The van der Waals surface area contributed by atoms with Crippen molar-refractivity contribution in [2.45, 2.75) is 62.3 Å². The Morgan fingerprint density at radius 1 is 0.979 bits per heavy atom. The molecule has 48 heavy (non-hydrogen) atoms. The minimum Gasteiger partial charge on any atom is -0.490 e. The monoisotopic (exact) mass is 692 g/mol. The van der Waals surface area contributed by atoms with Crippen LogP contribution in [0, 0.1) is 6.92 Å². The van der Waals surface area contributed by atoms with Gasteiger partial charge < -0.3 is 19.7 Å².